The predicted molar refractivity (Wildman–Crippen MR) is 101 cm³/mol. The zero-order valence-electron chi connectivity index (χ0n) is 16.6. The molecule has 3 fully saturated rings. The van der Waals surface area contributed by atoms with Crippen molar-refractivity contribution < 1.29 is 10.3 Å². The SMILES string of the molecule is CC1=C2C[C@@H](C)[C@@H]3[C@H](CC[C@@]4(C)[C@H]3CC[C@]4(C)O)[C@@]2(C)CC/C1=N\O. The van der Waals surface area contributed by atoms with Gasteiger partial charge in [0, 0.05) is 0 Å². The van der Waals surface area contributed by atoms with Crippen LogP contribution in [-0.4, -0.2) is 21.6 Å². The van der Waals surface area contributed by atoms with E-state index in [1.54, 1.807) is 5.57 Å². The largest absolute Gasteiger partial charge is 0.411 e. The lowest BCUT2D eigenvalue weighted by Gasteiger charge is -2.61. The summed E-state index contributed by atoms with van der Waals surface area (Å²) in [5.74, 6) is 2.75. The van der Waals surface area contributed by atoms with Gasteiger partial charge in [-0.05, 0) is 98.9 Å². The van der Waals surface area contributed by atoms with Gasteiger partial charge in [-0.25, -0.2) is 0 Å². The molecule has 0 aromatic rings. The smallest absolute Gasteiger partial charge is 0.0824 e. The van der Waals surface area contributed by atoms with Crippen molar-refractivity contribution in [2.24, 2.45) is 39.7 Å². The van der Waals surface area contributed by atoms with Crippen molar-refractivity contribution in [2.75, 3.05) is 0 Å². The van der Waals surface area contributed by atoms with Gasteiger partial charge < -0.3 is 10.3 Å². The molecule has 0 bridgehead atoms. The number of hydrogen-bond acceptors (Lipinski definition) is 3. The minimum absolute atomic E-state index is 0.0848. The molecule has 4 aliphatic carbocycles. The Kier molecular flexibility index (Phi) is 3.76. The Bertz CT molecular complexity index is 648. The van der Waals surface area contributed by atoms with Gasteiger partial charge in [0.25, 0.3) is 0 Å². The summed E-state index contributed by atoms with van der Waals surface area (Å²) in [5.41, 5.74) is 3.56. The van der Waals surface area contributed by atoms with E-state index in [2.05, 4.69) is 39.8 Å². The van der Waals surface area contributed by atoms with Crippen LogP contribution in [0.5, 0.6) is 0 Å². The number of rotatable bonds is 0. The Morgan fingerprint density at radius 2 is 1.72 bits per heavy atom. The van der Waals surface area contributed by atoms with E-state index in [-0.39, 0.29) is 10.8 Å². The molecule has 25 heavy (non-hydrogen) atoms. The summed E-state index contributed by atoms with van der Waals surface area (Å²) in [6, 6.07) is 0. The second-order valence-corrected chi connectivity index (χ2v) is 10.3. The Labute approximate surface area is 152 Å². The molecule has 0 aliphatic heterocycles. The van der Waals surface area contributed by atoms with Crippen LogP contribution in [0.25, 0.3) is 0 Å². The zero-order chi connectivity index (χ0) is 18.2. The fraction of sp³-hybridized carbons (Fsp3) is 0.864. The van der Waals surface area contributed by atoms with Gasteiger partial charge in [-0.2, -0.15) is 0 Å². The molecule has 0 aromatic carbocycles. The standard InChI is InChI=1S/C22H35NO2/c1-13-12-17-14(2)18(23-25)8-9-20(17,3)15-6-10-21(4)16(19(13)15)7-11-22(21,5)24/h13,15-16,19,24-25H,6-12H2,1-5H3/b23-18+/t13-,15+,16+,19-,20-,21+,22+/m1/s1. The third-order valence-corrected chi connectivity index (χ3v) is 9.47. The molecule has 4 aliphatic rings. The third-order valence-electron chi connectivity index (χ3n) is 9.47. The van der Waals surface area contributed by atoms with Crippen LogP contribution in [0.3, 0.4) is 0 Å². The van der Waals surface area contributed by atoms with Crippen molar-refractivity contribution in [2.45, 2.75) is 85.2 Å². The van der Waals surface area contributed by atoms with Crippen LogP contribution in [0, 0.1) is 34.5 Å². The summed E-state index contributed by atoms with van der Waals surface area (Å²) < 4.78 is 0. The molecule has 0 amide bonds. The van der Waals surface area contributed by atoms with Crippen molar-refractivity contribution in [3.05, 3.63) is 11.1 Å². The van der Waals surface area contributed by atoms with Crippen LogP contribution in [0.2, 0.25) is 0 Å². The van der Waals surface area contributed by atoms with E-state index in [1.807, 2.05) is 0 Å². The molecule has 7 atom stereocenters. The highest BCUT2D eigenvalue weighted by Crippen LogP contribution is 2.68. The highest BCUT2D eigenvalue weighted by atomic mass is 16.4. The lowest BCUT2D eigenvalue weighted by molar-refractivity contribution is -0.128. The first-order chi connectivity index (χ1) is 11.7. The first kappa shape index (κ1) is 17.6. The van der Waals surface area contributed by atoms with Crippen molar-refractivity contribution >= 4 is 5.71 Å². The van der Waals surface area contributed by atoms with Gasteiger partial charge in [-0.1, -0.05) is 31.5 Å². The maximum atomic E-state index is 11.1. The molecule has 140 valence electrons. The molecule has 3 heteroatoms. The minimum atomic E-state index is -0.501. The number of fused-ring (bicyclic) bond motifs is 5. The highest BCUT2D eigenvalue weighted by Gasteiger charge is 2.63. The second kappa shape index (κ2) is 5.34. The van der Waals surface area contributed by atoms with Crippen molar-refractivity contribution in [3.63, 3.8) is 0 Å². The van der Waals surface area contributed by atoms with E-state index in [0.29, 0.717) is 17.8 Å². The molecule has 0 spiro atoms. The van der Waals surface area contributed by atoms with Crippen molar-refractivity contribution in [3.8, 4) is 0 Å². The zero-order valence-corrected chi connectivity index (χ0v) is 16.6. The fourth-order valence-corrected chi connectivity index (χ4v) is 7.67. The van der Waals surface area contributed by atoms with Gasteiger partial charge in [-0.15, -0.1) is 0 Å². The van der Waals surface area contributed by atoms with E-state index in [0.717, 1.165) is 43.7 Å². The van der Waals surface area contributed by atoms with Gasteiger partial charge >= 0.3 is 0 Å². The summed E-state index contributed by atoms with van der Waals surface area (Å²) in [7, 11) is 0. The van der Waals surface area contributed by atoms with Crippen LogP contribution in [0.15, 0.2) is 16.3 Å². The molecule has 3 nitrogen and oxygen atoms in total. The summed E-state index contributed by atoms with van der Waals surface area (Å²) in [5, 5.41) is 24.0. The first-order valence-electron chi connectivity index (χ1n) is 10.3. The molecule has 0 radical (unpaired) electrons. The second-order valence-electron chi connectivity index (χ2n) is 10.3. The van der Waals surface area contributed by atoms with Gasteiger partial charge in [0.05, 0.1) is 11.3 Å². The van der Waals surface area contributed by atoms with Crippen LogP contribution < -0.4 is 0 Å². The van der Waals surface area contributed by atoms with Crippen LogP contribution in [0.1, 0.15) is 79.6 Å². The highest BCUT2D eigenvalue weighted by molar-refractivity contribution is 6.01. The Balaban J connectivity index is 1.77. The van der Waals surface area contributed by atoms with Gasteiger partial charge in [0.1, 0.15) is 0 Å². The molecule has 0 aromatic heterocycles. The Hall–Kier alpha value is -0.830. The van der Waals surface area contributed by atoms with Crippen molar-refractivity contribution in [1.82, 2.24) is 0 Å². The third kappa shape index (κ3) is 2.11. The summed E-state index contributed by atoms with van der Waals surface area (Å²) >= 11 is 0. The van der Waals surface area contributed by atoms with Crippen molar-refractivity contribution in [1.29, 1.82) is 0 Å². The number of oxime groups is 1. The van der Waals surface area contributed by atoms with Gasteiger partial charge in [0.15, 0.2) is 0 Å². The quantitative estimate of drug-likeness (QED) is 0.470. The number of nitrogens with zero attached hydrogens (tertiary/aromatic N) is 1. The lowest BCUT2D eigenvalue weighted by Crippen LogP contribution is -2.56. The average molecular weight is 346 g/mol. The summed E-state index contributed by atoms with van der Waals surface area (Å²) in [6.45, 7) is 11.5. The lowest BCUT2D eigenvalue weighted by atomic mass is 9.44. The fourth-order valence-electron chi connectivity index (χ4n) is 7.67. The monoisotopic (exact) mass is 345 g/mol. The van der Waals surface area contributed by atoms with Crippen LogP contribution in [-0.2, 0) is 0 Å². The van der Waals surface area contributed by atoms with E-state index < -0.39 is 5.60 Å². The van der Waals surface area contributed by atoms with E-state index in [1.165, 1.54) is 18.4 Å². The van der Waals surface area contributed by atoms with Crippen LogP contribution >= 0.6 is 0 Å². The summed E-state index contributed by atoms with van der Waals surface area (Å²) in [6.07, 6.45) is 7.69. The van der Waals surface area contributed by atoms with Gasteiger partial charge in [-0.3, -0.25) is 0 Å². The predicted octanol–water partition coefficient (Wildman–Crippen LogP) is 5.17. The average Bonchev–Trinajstić information content (AvgIpc) is 2.80. The number of hydrogen-bond donors (Lipinski definition) is 2. The molecular formula is C22H35NO2. The topological polar surface area (TPSA) is 52.8 Å². The number of allylic oxidation sites excluding steroid dienone is 2. The maximum Gasteiger partial charge on any atom is 0.0824 e. The maximum absolute atomic E-state index is 11.1. The normalized spacial score (nSPS) is 54.2. The van der Waals surface area contributed by atoms with Gasteiger partial charge in [0.2, 0.25) is 0 Å². The molecule has 2 N–H and O–H groups in total. The molecule has 0 saturated heterocycles. The Morgan fingerprint density at radius 3 is 2.40 bits per heavy atom. The molecular weight excluding hydrogens is 310 g/mol. The molecule has 4 rings (SSSR count). The first-order valence-corrected chi connectivity index (χ1v) is 10.3. The molecule has 3 saturated carbocycles. The minimum Gasteiger partial charge on any atom is -0.411 e. The summed E-state index contributed by atoms with van der Waals surface area (Å²) in [4.78, 5) is 0. The molecule has 0 unspecified atom stereocenters. The number of aliphatic hydroxyl groups is 1. The Morgan fingerprint density at radius 1 is 1.04 bits per heavy atom. The molecule has 0 heterocycles. The van der Waals surface area contributed by atoms with E-state index >= 15 is 0 Å². The van der Waals surface area contributed by atoms with E-state index in [9.17, 15) is 10.3 Å². The van der Waals surface area contributed by atoms with E-state index in [4.69, 9.17) is 0 Å². The van der Waals surface area contributed by atoms with Crippen LogP contribution in [0.4, 0.5) is 0 Å².